The van der Waals surface area contributed by atoms with E-state index in [0.29, 0.717) is 28.0 Å². The maximum Gasteiger partial charge on any atom is 0.298 e. The maximum atomic E-state index is 13.6. The van der Waals surface area contributed by atoms with E-state index in [1.807, 2.05) is 24.3 Å². The largest absolute Gasteiger partial charge is 0.496 e. The van der Waals surface area contributed by atoms with Crippen LogP contribution in [0, 0.1) is 5.82 Å². The molecule has 0 spiro atoms. The molecule has 0 radical (unpaired) electrons. The molecule has 0 aliphatic rings. The van der Waals surface area contributed by atoms with Crippen LogP contribution >= 0.6 is 0 Å². The van der Waals surface area contributed by atoms with Crippen molar-refractivity contribution in [3.05, 3.63) is 94.4 Å². The van der Waals surface area contributed by atoms with Crippen LogP contribution in [0.3, 0.4) is 0 Å². The molecule has 0 saturated heterocycles. The molecule has 9 heteroatoms. The Bertz CT molecular complexity index is 1540. The molecule has 3 heterocycles. The summed E-state index contributed by atoms with van der Waals surface area (Å²) in [6.45, 7) is 0.251. The predicted octanol–water partition coefficient (Wildman–Crippen LogP) is 3.88. The minimum Gasteiger partial charge on any atom is -0.496 e. The quantitative estimate of drug-likeness (QED) is 0.402. The van der Waals surface area contributed by atoms with E-state index in [2.05, 4.69) is 20.1 Å². The summed E-state index contributed by atoms with van der Waals surface area (Å²) in [6.07, 6.45) is 4.51. The summed E-state index contributed by atoms with van der Waals surface area (Å²) >= 11 is 0. The molecule has 0 saturated carbocycles. The summed E-state index contributed by atoms with van der Waals surface area (Å²) in [5.74, 6) is 0.770. The van der Waals surface area contributed by atoms with E-state index >= 15 is 0 Å². The van der Waals surface area contributed by atoms with Crippen LogP contribution in [0.4, 0.5) is 4.39 Å². The zero-order valence-electron chi connectivity index (χ0n) is 17.5. The Morgan fingerprint density at radius 3 is 2.88 bits per heavy atom. The van der Waals surface area contributed by atoms with Crippen LogP contribution in [-0.2, 0) is 6.61 Å². The van der Waals surface area contributed by atoms with E-state index in [1.54, 1.807) is 37.7 Å². The third kappa shape index (κ3) is 4.03. The van der Waals surface area contributed by atoms with Gasteiger partial charge in [-0.05, 0) is 48.0 Å². The van der Waals surface area contributed by atoms with Gasteiger partial charge in [0, 0.05) is 28.7 Å². The number of nitrogens with one attached hydrogen (secondary N) is 1. The van der Waals surface area contributed by atoms with Crippen LogP contribution in [0.2, 0.25) is 0 Å². The molecular weight excluding hydrogens is 425 g/mol. The Hall–Kier alpha value is -4.53. The molecule has 5 aromatic rings. The second-order valence-electron chi connectivity index (χ2n) is 7.21. The number of H-pyrrole nitrogens is 1. The van der Waals surface area contributed by atoms with Crippen molar-refractivity contribution >= 4 is 28.2 Å². The number of benzene rings is 2. The molecule has 1 N–H and O–H groups in total. The number of methoxy groups -OCH3 is 1. The fraction of sp³-hybridized carbons (Fsp3) is 0.0833. The van der Waals surface area contributed by atoms with E-state index in [1.165, 1.54) is 18.5 Å². The van der Waals surface area contributed by atoms with Gasteiger partial charge in [0.25, 0.3) is 5.56 Å². The Balaban J connectivity index is 1.44. The molecule has 5 rings (SSSR count). The van der Waals surface area contributed by atoms with Crippen molar-refractivity contribution < 1.29 is 13.9 Å². The lowest BCUT2D eigenvalue weighted by Gasteiger charge is -2.10. The number of fused-ring (bicyclic) bond motifs is 3. The van der Waals surface area contributed by atoms with E-state index < -0.39 is 5.82 Å². The van der Waals surface area contributed by atoms with Gasteiger partial charge in [-0.3, -0.25) is 4.79 Å². The van der Waals surface area contributed by atoms with Gasteiger partial charge in [0.2, 0.25) is 5.88 Å². The van der Waals surface area contributed by atoms with Crippen LogP contribution in [0.5, 0.6) is 11.6 Å². The first-order valence-corrected chi connectivity index (χ1v) is 10.1. The van der Waals surface area contributed by atoms with Gasteiger partial charge in [0.1, 0.15) is 35.5 Å². The van der Waals surface area contributed by atoms with Crippen molar-refractivity contribution in [2.45, 2.75) is 6.61 Å². The van der Waals surface area contributed by atoms with Crippen LogP contribution in [0.15, 0.2) is 77.0 Å². The lowest BCUT2D eigenvalue weighted by molar-refractivity contribution is 0.285. The van der Waals surface area contributed by atoms with Crippen molar-refractivity contribution in [1.29, 1.82) is 0 Å². The molecule has 0 amide bonds. The van der Waals surface area contributed by atoms with E-state index in [4.69, 9.17) is 9.47 Å². The fourth-order valence-electron chi connectivity index (χ4n) is 3.51. The summed E-state index contributed by atoms with van der Waals surface area (Å²) < 4.78 is 25.9. The third-order valence-corrected chi connectivity index (χ3v) is 5.10. The molecule has 33 heavy (non-hydrogen) atoms. The van der Waals surface area contributed by atoms with Crippen molar-refractivity contribution in [3.8, 4) is 11.6 Å². The molecule has 2 aromatic carbocycles. The Kier molecular flexibility index (Phi) is 5.27. The van der Waals surface area contributed by atoms with Gasteiger partial charge < -0.3 is 14.5 Å². The minimum absolute atomic E-state index is 0.251. The zero-order chi connectivity index (χ0) is 22.8. The molecule has 0 bridgehead atoms. The molecule has 0 aliphatic heterocycles. The average Bonchev–Trinajstić information content (AvgIpc) is 3.21. The molecule has 0 unspecified atom stereocenters. The maximum absolute atomic E-state index is 13.6. The van der Waals surface area contributed by atoms with Crippen LogP contribution in [0.1, 0.15) is 11.1 Å². The standard InChI is InChI=1S/C24H18FN5O3/c1-32-20-8-5-15(10-16(20)13-33-21-4-2-3-9-26-21)12-28-30-14-27-22-18-11-17(25)6-7-19(18)29-23(22)24(30)31/h2-12,14,29H,13H2,1H3. The highest BCUT2D eigenvalue weighted by atomic mass is 19.1. The van der Waals surface area contributed by atoms with Crippen LogP contribution < -0.4 is 15.0 Å². The van der Waals surface area contributed by atoms with Crippen molar-refractivity contribution in [3.63, 3.8) is 0 Å². The molecule has 164 valence electrons. The molecule has 0 aliphatic carbocycles. The van der Waals surface area contributed by atoms with Crippen molar-refractivity contribution in [2.24, 2.45) is 5.10 Å². The lowest BCUT2D eigenvalue weighted by atomic mass is 10.1. The second-order valence-corrected chi connectivity index (χ2v) is 7.21. The highest BCUT2D eigenvalue weighted by Gasteiger charge is 2.11. The number of halogens is 1. The van der Waals surface area contributed by atoms with Gasteiger partial charge in [-0.25, -0.2) is 14.4 Å². The van der Waals surface area contributed by atoms with Crippen molar-refractivity contribution in [1.82, 2.24) is 19.6 Å². The number of hydrogen-bond donors (Lipinski definition) is 1. The van der Waals surface area contributed by atoms with Gasteiger partial charge in [-0.2, -0.15) is 9.78 Å². The zero-order valence-corrected chi connectivity index (χ0v) is 17.5. The summed E-state index contributed by atoms with van der Waals surface area (Å²) in [7, 11) is 1.58. The fourth-order valence-corrected chi connectivity index (χ4v) is 3.51. The molecular formula is C24H18FN5O3. The first kappa shape index (κ1) is 20.4. The Morgan fingerprint density at radius 1 is 1.15 bits per heavy atom. The summed E-state index contributed by atoms with van der Waals surface area (Å²) in [6, 6.07) is 15.1. The summed E-state index contributed by atoms with van der Waals surface area (Å²) in [4.78, 5) is 24.3. The number of aromatic nitrogens is 4. The number of rotatable bonds is 6. The van der Waals surface area contributed by atoms with Gasteiger partial charge in [0.05, 0.1) is 13.3 Å². The summed E-state index contributed by atoms with van der Waals surface area (Å²) in [5, 5.41) is 4.80. The lowest BCUT2D eigenvalue weighted by Crippen LogP contribution is -2.17. The normalized spacial score (nSPS) is 11.5. The van der Waals surface area contributed by atoms with E-state index in [9.17, 15) is 9.18 Å². The van der Waals surface area contributed by atoms with Gasteiger partial charge in [0.15, 0.2) is 0 Å². The average molecular weight is 443 g/mol. The van der Waals surface area contributed by atoms with Gasteiger partial charge >= 0.3 is 0 Å². The highest BCUT2D eigenvalue weighted by molar-refractivity contribution is 6.04. The number of nitrogens with zero attached hydrogens (tertiary/aromatic N) is 4. The number of aromatic amines is 1. The van der Waals surface area contributed by atoms with Crippen LogP contribution in [0.25, 0.3) is 21.9 Å². The molecule has 0 atom stereocenters. The number of hydrogen-bond acceptors (Lipinski definition) is 6. The van der Waals surface area contributed by atoms with E-state index in [-0.39, 0.29) is 17.7 Å². The van der Waals surface area contributed by atoms with Gasteiger partial charge in [-0.15, -0.1) is 0 Å². The Labute approximate surface area is 187 Å². The highest BCUT2D eigenvalue weighted by Crippen LogP contribution is 2.23. The first-order valence-electron chi connectivity index (χ1n) is 10.1. The molecule has 0 fully saturated rings. The monoisotopic (exact) mass is 443 g/mol. The number of ether oxygens (including phenoxy) is 2. The smallest absolute Gasteiger partial charge is 0.298 e. The SMILES string of the molecule is COc1ccc(C=Nn2cnc3c([nH]c4ccc(F)cc43)c2=O)cc1COc1ccccn1. The molecule has 8 nitrogen and oxygen atoms in total. The number of pyridine rings is 1. The van der Waals surface area contributed by atoms with Gasteiger partial charge in [-0.1, -0.05) is 6.07 Å². The summed E-state index contributed by atoms with van der Waals surface area (Å²) in [5.41, 5.74) is 2.44. The molecule has 3 aromatic heterocycles. The minimum atomic E-state index is -0.394. The van der Waals surface area contributed by atoms with E-state index in [0.717, 1.165) is 15.8 Å². The first-order chi connectivity index (χ1) is 16.1. The topological polar surface area (TPSA) is 94.4 Å². The Morgan fingerprint density at radius 2 is 2.06 bits per heavy atom. The predicted molar refractivity (Wildman–Crippen MR) is 122 cm³/mol. The third-order valence-electron chi connectivity index (χ3n) is 5.10. The van der Waals surface area contributed by atoms with Crippen molar-refractivity contribution in [2.75, 3.05) is 7.11 Å². The van der Waals surface area contributed by atoms with Crippen LogP contribution in [-0.4, -0.2) is 33.0 Å². The second kappa shape index (κ2) is 8.54.